The first-order valence-electron chi connectivity index (χ1n) is 6.21. The third-order valence-corrected chi connectivity index (χ3v) is 4.08. The van der Waals surface area contributed by atoms with Crippen molar-refractivity contribution in [2.45, 2.75) is 19.3 Å². The van der Waals surface area contributed by atoms with Crippen molar-refractivity contribution in [1.82, 2.24) is 0 Å². The molecular weight excluding hydrogens is 242 g/mol. The van der Waals surface area contributed by atoms with E-state index in [1.54, 1.807) is 14.2 Å². The van der Waals surface area contributed by atoms with E-state index in [9.17, 15) is 5.26 Å². The summed E-state index contributed by atoms with van der Waals surface area (Å²) >= 11 is 0. The molecule has 0 aliphatic carbocycles. The highest BCUT2D eigenvalue weighted by atomic mass is 16.5. The van der Waals surface area contributed by atoms with Crippen molar-refractivity contribution >= 4 is 0 Å². The minimum Gasteiger partial charge on any atom is -0.497 e. The summed E-state index contributed by atoms with van der Waals surface area (Å²) in [5, 5.41) is 9.44. The van der Waals surface area contributed by atoms with Crippen molar-refractivity contribution in [3.8, 4) is 17.6 Å². The summed E-state index contributed by atoms with van der Waals surface area (Å²) in [5.41, 5.74) is 0.216. The van der Waals surface area contributed by atoms with E-state index in [1.807, 2.05) is 32.0 Å². The maximum absolute atomic E-state index is 9.44. The van der Waals surface area contributed by atoms with Crippen LogP contribution in [0.25, 0.3) is 0 Å². The lowest BCUT2D eigenvalue weighted by Crippen LogP contribution is -2.56. The number of benzene rings is 1. The predicted molar refractivity (Wildman–Crippen MR) is 71.4 cm³/mol. The number of nitrogens with zero attached hydrogens (tertiary/aromatic N) is 1. The molecule has 2 rings (SSSR count). The molecule has 4 heteroatoms. The summed E-state index contributed by atoms with van der Waals surface area (Å²) in [6.07, 6.45) is 0. The molecule has 1 saturated heterocycles. The van der Waals surface area contributed by atoms with Crippen LogP contribution in [-0.2, 0) is 10.2 Å². The van der Waals surface area contributed by atoms with Gasteiger partial charge in [-0.05, 0) is 31.5 Å². The first-order valence-corrected chi connectivity index (χ1v) is 6.21. The summed E-state index contributed by atoms with van der Waals surface area (Å²) < 4.78 is 16.0. The van der Waals surface area contributed by atoms with E-state index in [-0.39, 0.29) is 5.41 Å². The molecule has 1 heterocycles. The van der Waals surface area contributed by atoms with E-state index in [2.05, 4.69) is 6.07 Å². The Hall–Kier alpha value is -1.73. The van der Waals surface area contributed by atoms with E-state index in [0.29, 0.717) is 13.2 Å². The van der Waals surface area contributed by atoms with Gasteiger partial charge in [0.2, 0.25) is 0 Å². The molecule has 0 unspecified atom stereocenters. The molecule has 1 aliphatic heterocycles. The molecule has 0 spiro atoms. The molecule has 0 amide bonds. The molecule has 0 bridgehead atoms. The van der Waals surface area contributed by atoms with Gasteiger partial charge >= 0.3 is 0 Å². The molecule has 0 N–H and O–H groups in total. The van der Waals surface area contributed by atoms with E-state index in [1.165, 1.54) is 0 Å². The fraction of sp³-hybridized carbons (Fsp3) is 0.533. The number of rotatable bonds is 4. The lowest BCUT2D eigenvalue weighted by atomic mass is 9.61. The molecule has 102 valence electrons. The molecule has 1 aliphatic rings. The zero-order chi connectivity index (χ0) is 14.1. The summed E-state index contributed by atoms with van der Waals surface area (Å²) in [7, 11) is 3.25. The summed E-state index contributed by atoms with van der Waals surface area (Å²) in [6, 6.07) is 8.15. The fourth-order valence-electron chi connectivity index (χ4n) is 2.39. The fourth-order valence-corrected chi connectivity index (χ4v) is 2.39. The quantitative estimate of drug-likeness (QED) is 0.835. The predicted octanol–water partition coefficient (Wildman–Crippen LogP) is 2.52. The smallest absolute Gasteiger partial charge is 0.122 e. The van der Waals surface area contributed by atoms with Crippen LogP contribution in [0.5, 0.6) is 11.5 Å². The molecule has 4 nitrogen and oxygen atoms in total. The lowest BCUT2D eigenvalue weighted by Gasteiger charge is -2.49. The number of ether oxygens (including phenoxy) is 3. The molecule has 19 heavy (non-hydrogen) atoms. The average molecular weight is 261 g/mol. The van der Waals surface area contributed by atoms with Gasteiger partial charge in [-0.15, -0.1) is 0 Å². The van der Waals surface area contributed by atoms with Gasteiger partial charge in [0.25, 0.3) is 0 Å². The van der Waals surface area contributed by atoms with Crippen LogP contribution >= 0.6 is 0 Å². The zero-order valence-corrected chi connectivity index (χ0v) is 11.8. The second kappa shape index (κ2) is 4.75. The van der Waals surface area contributed by atoms with Gasteiger partial charge in [-0.3, -0.25) is 0 Å². The Labute approximate surface area is 113 Å². The van der Waals surface area contributed by atoms with Crippen LogP contribution in [0.3, 0.4) is 0 Å². The summed E-state index contributed by atoms with van der Waals surface area (Å²) in [6.45, 7) is 4.98. The van der Waals surface area contributed by atoms with Crippen LogP contribution in [0.15, 0.2) is 18.2 Å². The second-order valence-corrected chi connectivity index (χ2v) is 5.41. The van der Waals surface area contributed by atoms with Crippen LogP contribution < -0.4 is 9.47 Å². The lowest BCUT2D eigenvalue weighted by molar-refractivity contribution is -0.103. The molecule has 0 atom stereocenters. The Morgan fingerprint density at radius 1 is 1.16 bits per heavy atom. The average Bonchev–Trinajstić information content (AvgIpc) is 2.36. The third kappa shape index (κ3) is 2.04. The van der Waals surface area contributed by atoms with Gasteiger partial charge in [-0.2, -0.15) is 5.26 Å². The minimum atomic E-state index is -0.511. The molecule has 0 aromatic heterocycles. The van der Waals surface area contributed by atoms with Crippen molar-refractivity contribution in [3.63, 3.8) is 0 Å². The van der Waals surface area contributed by atoms with Gasteiger partial charge in [0, 0.05) is 6.07 Å². The first-order chi connectivity index (χ1) is 8.99. The topological polar surface area (TPSA) is 51.5 Å². The van der Waals surface area contributed by atoms with Crippen LogP contribution in [0.4, 0.5) is 0 Å². The summed E-state index contributed by atoms with van der Waals surface area (Å²) in [5.74, 6) is 1.46. The molecule has 0 saturated carbocycles. The van der Waals surface area contributed by atoms with Gasteiger partial charge in [-0.25, -0.2) is 0 Å². The van der Waals surface area contributed by atoms with Gasteiger partial charge in [-0.1, -0.05) is 0 Å². The number of nitriles is 1. The summed E-state index contributed by atoms with van der Waals surface area (Å²) in [4.78, 5) is 0. The Morgan fingerprint density at radius 3 is 2.00 bits per heavy atom. The van der Waals surface area contributed by atoms with E-state index in [0.717, 1.165) is 17.1 Å². The van der Waals surface area contributed by atoms with E-state index >= 15 is 0 Å². The van der Waals surface area contributed by atoms with Gasteiger partial charge in [0.05, 0.1) is 44.3 Å². The van der Waals surface area contributed by atoms with Crippen LogP contribution in [-0.4, -0.2) is 27.4 Å². The monoisotopic (exact) mass is 261 g/mol. The Morgan fingerprint density at radius 2 is 1.68 bits per heavy atom. The number of hydrogen-bond acceptors (Lipinski definition) is 4. The SMILES string of the molecule is COc1cc(OC)cc(C2(C(C)(C)C#N)COC2)c1. The first kappa shape index (κ1) is 13.7. The van der Waals surface area contributed by atoms with Crippen LogP contribution in [0, 0.1) is 16.7 Å². The molecule has 1 aromatic carbocycles. The second-order valence-electron chi connectivity index (χ2n) is 5.41. The molecule has 1 fully saturated rings. The number of methoxy groups -OCH3 is 2. The number of hydrogen-bond donors (Lipinski definition) is 0. The van der Waals surface area contributed by atoms with Crippen molar-refractivity contribution in [2.75, 3.05) is 27.4 Å². The molecular formula is C15H19NO3. The normalized spacial score (nSPS) is 17.2. The maximum Gasteiger partial charge on any atom is 0.122 e. The van der Waals surface area contributed by atoms with Crippen LogP contribution in [0.1, 0.15) is 19.4 Å². The van der Waals surface area contributed by atoms with Crippen LogP contribution in [0.2, 0.25) is 0 Å². The van der Waals surface area contributed by atoms with Gasteiger partial charge < -0.3 is 14.2 Å². The molecule has 0 radical (unpaired) electrons. The van der Waals surface area contributed by atoms with E-state index < -0.39 is 5.41 Å². The molecule has 1 aromatic rings. The zero-order valence-electron chi connectivity index (χ0n) is 11.8. The largest absolute Gasteiger partial charge is 0.497 e. The third-order valence-electron chi connectivity index (χ3n) is 4.08. The van der Waals surface area contributed by atoms with Crippen molar-refractivity contribution in [1.29, 1.82) is 5.26 Å². The minimum absolute atomic E-state index is 0.302. The standard InChI is InChI=1S/C15H19NO3/c1-14(2,8-16)15(9-19-10-15)11-5-12(17-3)7-13(6-11)18-4/h5-7H,9-10H2,1-4H3. The highest BCUT2D eigenvalue weighted by molar-refractivity contribution is 5.45. The van der Waals surface area contributed by atoms with Gasteiger partial charge in [0.15, 0.2) is 0 Å². The van der Waals surface area contributed by atoms with Crippen molar-refractivity contribution < 1.29 is 14.2 Å². The van der Waals surface area contributed by atoms with Crippen molar-refractivity contribution in [2.24, 2.45) is 5.41 Å². The maximum atomic E-state index is 9.44. The highest BCUT2D eigenvalue weighted by Gasteiger charge is 2.53. The highest BCUT2D eigenvalue weighted by Crippen LogP contribution is 2.48. The van der Waals surface area contributed by atoms with E-state index in [4.69, 9.17) is 14.2 Å². The van der Waals surface area contributed by atoms with Crippen molar-refractivity contribution in [3.05, 3.63) is 23.8 Å². The Bertz CT molecular complexity index is 490. The Balaban J connectivity index is 2.53. The van der Waals surface area contributed by atoms with Gasteiger partial charge in [0.1, 0.15) is 11.5 Å². The Kier molecular flexibility index (Phi) is 3.42.